The second kappa shape index (κ2) is 9.91. The third-order valence-electron chi connectivity index (χ3n) is 4.35. The largest absolute Gasteiger partial charge is 0.506 e. The summed E-state index contributed by atoms with van der Waals surface area (Å²) in [6.45, 7) is -0.108. The number of phenolic OH excluding ortho intramolecular Hbond substituents is 1. The second-order valence-electron chi connectivity index (χ2n) is 7.16. The van der Waals surface area contributed by atoms with Crippen LogP contribution in [-0.2, 0) is 22.8 Å². The molecule has 4 N–H and O–H groups in total. The molecule has 180 valence electrons. The van der Waals surface area contributed by atoms with Gasteiger partial charge in [0.25, 0.3) is 0 Å². The van der Waals surface area contributed by atoms with Gasteiger partial charge in [-0.3, -0.25) is 4.72 Å². The van der Waals surface area contributed by atoms with Crippen molar-refractivity contribution in [2.24, 2.45) is 0 Å². The Kier molecular flexibility index (Phi) is 7.20. The van der Waals surface area contributed by atoms with E-state index < -0.39 is 27.8 Å². The Bertz CT molecular complexity index is 1280. The first kappa shape index (κ1) is 24.7. The molecular formula is C22H20F3N3O5S. The van der Waals surface area contributed by atoms with Crippen LogP contribution >= 0.6 is 0 Å². The molecule has 8 nitrogen and oxygen atoms in total. The fourth-order valence-electron chi connectivity index (χ4n) is 2.86. The number of rotatable bonds is 7. The Labute approximate surface area is 193 Å². The van der Waals surface area contributed by atoms with Gasteiger partial charge >= 0.3 is 12.2 Å². The number of nitrogens with one attached hydrogen (secondary N) is 3. The van der Waals surface area contributed by atoms with Crippen molar-refractivity contribution in [3.8, 4) is 11.5 Å². The normalized spacial score (nSPS) is 11.5. The summed E-state index contributed by atoms with van der Waals surface area (Å²) >= 11 is 0. The fourth-order valence-corrected chi connectivity index (χ4v) is 3.42. The number of hydrogen-bond donors (Lipinski definition) is 4. The molecule has 3 aromatic carbocycles. The van der Waals surface area contributed by atoms with Crippen LogP contribution in [0.1, 0.15) is 11.1 Å². The number of benzene rings is 3. The Balaban J connectivity index is 1.59. The van der Waals surface area contributed by atoms with Gasteiger partial charge in [-0.25, -0.2) is 13.2 Å². The summed E-state index contributed by atoms with van der Waals surface area (Å²) in [5.41, 5.74) is 0.226. The maximum absolute atomic E-state index is 13.1. The lowest BCUT2D eigenvalue weighted by atomic mass is 10.2. The first-order valence-electron chi connectivity index (χ1n) is 9.67. The number of urea groups is 1. The standard InChI is InChI=1S/C22H20F3N3O5S/c1-34(31,32)28-18-12-16(10-11-19(18)29)27-21(30)26-15-8-6-14(7-9-15)13-33-20-5-3-2-4-17(20)22(23,24)25/h2-12,28-29H,13H2,1H3,(H2,26,27,30). The van der Waals surface area contributed by atoms with Crippen LogP contribution in [-0.4, -0.2) is 25.8 Å². The fraction of sp³-hybridized carbons (Fsp3) is 0.136. The van der Waals surface area contributed by atoms with Gasteiger partial charge in [0.1, 0.15) is 18.1 Å². The van der Waals surface area contributed by atoms with Gasteiger partial charge in [0.05, 0.1) is 17.5 Å². The molecule has 0 saturated heterocycles. The molecular weight excluding hydrogens is 475 g/mol. The van der Waals surface area contributed by atoms with Crippen LogP contribution in [0.25, 0.3) is 0 Å². The number of carbonyl (C=O) groups is 1. The molecule has 0 aromatic heterocycles. The van der Waals surface area contributed by atoms with Gasteiger partial charge in [-0.05, 0) is 48.0 Å². The lowest BCUT2D eigenvalue weighted by Gasteiger charge is -2.14. The van der Waals surface area contributed by atoms with E-state index in [0.717, 1.165) is 12.3 Å². The van der Waals surface area contributed by atoms with Crippen molar-refractivity contribution in [2.45, 2.75) is 12.8 Å². The maximum atomic E-state index is 13.1. The van der Waals surface area contributed by atoms with Crippen molar-refractivity contribution < 1.29 is 36.2 Å². The van der Waals surface area contributed by atoms with E-state index in [1.165, 1.54) is 36.4 Å². The van der Waals surface area contributed by atoms with Crippen LogP contribution in [0.4, 0.5) is 35.0 Å². The van der Waals surface area contributed by atoms with Crippen LogP contribution < -0.4 is 20.1 Å². The van der Waals surface area contributed by atoms with Crippen molar-refractivity contribution in [2.75, 3.05) is 21.6 Å². The van der Waals surface area contributed by atoms with Crippen molar-refractivity contribution in [1.82, 2.24) is 0 Å². The molecule has 0 fully saturated rings. The van der Waals surface area contributed by atoms with Crippen molar-refractivity contribution >= 4 is 33.1 Å². The Morgan fingerprint density at radius 2 is 1.59 bits per heavy atom. The smallest absolute Gasteiger partial charge is 0.419 e. The average Bonchev–Trinajstić information content (AvgIpc) is 2.74. The van der Waals surface area contributed by atoms with E-state index in [4.69, 9.17) is 4.74 Å². The highest BCUT2D eigenvalue weighted by atomic mass is 32.2. The van der Waals surface area contributed by atoms with Crippen molar-refractivity contribution in [3.05, 3.63) is 77.9 Å². The minimum atomic E-state index is -4.53. The number of phenols is 1. The van der Waals surface area contributed by atoms with Gasteiger partial charge in [0.2, 0.25) is 10.0 Å². The molecule has 0 aliphatic carbocycles. The molecule has 0 unspecified atom stereocenters. The molecule has 34 heavy (non-hydrogen) atoms. The monoisotopic (exact) mass is 495 g/mol. The van der Waals surface area contributed by atoms with E-state index in [1.807, 2.05) is 0 Å². The predicted octanol–water partition coefficient (Wildman–Crippen LogP) is 5.01. The number of anilines is 3. The molecule has 2 amide bonds. The highest BCUT2D eigenvalue weighted by Crippen LogP contribution is 2.36. The van der Waals surface area contributed by atoms with Crippen LogP contribution in [0.15, 0.2) is 66.7 Å². The van der Waals surface area contributed by atoms with Gasteiger partial charge < -0.3 is 20.5 Å². The molecule has 0 atom stereocenters. The third kappa shape index (κ3) is 7.04. The van der Waals surface area contributed by atoms with Gasteiger partial charge in [0.15, 0.2) is 0 Å². The molecule has 12 heteroatoms. The van der Waals surface area contributed by atoms with Gasteiger partial charge in [-0.15, -0.1) is 0 Å². The molecule has 3 rings (SSSR count). The number of alkyl halides is 3. The SMILES string of the molecule is CS(=O)(=O)Nc1cc(NC(=O)Nc2ccc(COc3ccccc3C(F)(F)F)cc2)ccc1O. The highest BCUT2D eigenvalue weighted by molar-refractivity contribution is 7.92. The lowest BCUT2D eigenvalue weighted by molar-refractivity contribution is -0.139. The van der Waals surface area contributed by atoms with Crippen molar-refractivity contribution in [1.29, 1.82) is 0 Å². The van der Waals surface area contributed by atoms with Gasteiger partial charge in [0, 0.05) is 11.4 Å². The minimum absolute atomic E-state index is 0.100. The number of para-hydroxylation sites is 1. The third-order valence-corrected chi connectivity index (χ3v) is 4.94. The molecule has 0 spiro atoms. The summed E-state index contributed by atoms with van der Waals surface area (Å²) in [6.07, 6.45) is -3.61. The number of ether oxygens (including phenoxy) is 1. The quantitative estimate of drug-likeness (QED) is 0.272. The zero-order valence-corrected chi connectivity index (χ0v) is 18.5. The van der Waals surface area contributed by atoms with E-state index in [2.05, 4.69) is 15.4 Å². The summed E-state index contributed by atoms with van der Waals surface area (Å²) in [5.74, 6) is -0.595. The molecule has 0 aliphatic rings. The Morgan fingerprint density at radius 1 is 0.971 bits per heavy atom. The molecule has 3 aromatic rings. The molecule has 0 saturated carbocycles. The highest BCUT2D eigenvalue weighted by Gasteiger charge is 2.34. The summed E-state index contributed by atoms with van der Waals surface area (Å²) in [4.78, 5) is 12.2. The van der Waals surface area contributed by atoms with E-state index >= 15 is 0 Å². The number of sulfonamides is 1. The zero-order chi connectivity index (χ0) is 24.9. The van der Waals surface area contributed by atoms with Crippen LogP contribution in [0.5, 0.6) is 11.5 Å². The van der Waals surface area contributed by atoms with E-state index in [-0.39, 0.29) is 29.5 Å². The molecule has 0 radical (unpaired) electrons. The lowest BCUT2D eigenvalue weighted by Crippen LogP contribution is -2.19. The first-order valence-corrected chi connectivity index (χ1v) is 11.6. The number of amides is 2. The number of hydrogen-bond acceptors (Lipinski definition) is 5. The molecule has 0 heterocycles. The summed E-state index contributed by atoms with van der Waals surface area (Å²) in [5, 5.41) is 14.8. The summed E-state index contributed by atoms with van der Waals surface area (Å²) < 4.78 is 69.3. The van der Waals surface area contributed by atoms with Crippen LogP contribution in [0, 0.1) is 0 Å². The van der Waals surface area contributed by atoms with Gasteiger partial charge in [-0.2, -0.15) is 13.2 Å². The first-order chi connectivity index (χ1) is 15.9. The molecule has 0 bridgehead atoms. The minimum Gasteiger partial charge on any atom is -0.506 e. The van der Waals surface area contributed by atoms with Crippen LogP contribution in [0.3, 0.4) is 0 Å². The predicted molar refractivity (Wildman–Crippen MR) is 121 cm³/mol. The topological polar surface area (TPSA) is 117 Å². The van der Waals surface area contributed by atoms with E-state index in [1.54, 1.807) is 24.3 Å². The summed E-state index contributed by atoms with van der Waals surface area (Å²) in [7, 11) is -3.63. The average molecular weight is 495 g/mol. The Hall–Kier alpha value is -3.93. The van der Waals surface area contributed by atoms with Gasteiger partial charge in [-0.1, -0.05) is 24.3 Å². The van der Waals surface area contributed by atoms with Crippen molar-refractivity contribution in [3.63, 3.8) is 0 Å². The second-order valence-corrected chi connectivity index (χ2v) is 8.91. The van der Waals surface area contributed by atoms with E-state index in [9.17, 15) is 31.5 Å². The summed E-state index contributed by atoms with van der Waals surface area (Å²) in [6, 6.07) is 14.4. The maximum Gasteiger partial charge on any atom is 0.419 e. The van der Waals surface area contributed by atoms with E-state index in [0.29, 0.717) is 11.3 Å². The van der Waals surface area contributed by atoms with Crippen LogP contribution in [0.2, 0.25) is 0 Å². The number of carbonyl (C=O) groups excluding carboxylic acids is 1. The number of aromatic hydroxyl groups is 1. The molecule has 0 aliphatic heterocycles. The number of halogens is 3. The zero-order valence-electron chi connectivity index (χ0n) is 17.7. The Morgan fingerprint density at radius 3 is 2.24 bits per heavy atom.